The third kappa shape index (κ3) is 5.11. The van der Waals surface area contributed by atoms with Gasteiger partial charge >= 0.3 is 7.12 Å². The van der Waals surface area contributed by atoms with Crippen molar-refractivity contribution in [1.82, 2.24) is 0 Å². The van der Waals surface area contributed by atoms with Crippen molar-refractivity contribution < 1.29 is 32.7 Å². The van der Waals surface area contributed by atoms with Gasteiger partial charge in [-0.2, -0.15) is 0 Å². The van der Waals surface area contributed by atoms with Gasteiger partial charge in [-0.05, 0) is 41.7 Å². The maximum absolute atomic E-state index is 13.0. The van der Waals surface area contributed by atoms with E-state index in [0.717, 1.165) is 18.4 Å². The Morgan fingerprint density at radius 2 is 2.07 bits per heavy atom. The van der Waals surface area contributed by atoms with E-state index < -0.39 is 29.7 Å². The van der Waals surface area contributed by atoms with Crippen LogP contribution in [0.3, 0.4) is 0 Å². The maximum Gasteiger partial charge on any atom is 0.491 e. The Balaban J connectivity index is 1.89. The first-order chi connectivity index (χ1) is 14.3. The number of amides is 1. The Hall–Kier alpha value is -2.60. The summed E-state index contributed by atoms with van der Waals surface area (Å²) in [5.41, 5.74) is 1.49. The molecule has 0 radical (unpaired) electrons. The van der Waals surface area contributed by atoms with Crippen molar-refractivity contribution in [3.8, 4) is 5.75 Å². The molecule has 1 aliphatic heterocycles. The summed E-state index contributed by atoms with van der Waals surface area (Å²) in [7, 11) is -5.21. The Morgan fingerprint density at radius 3 is 2.80 bits per heavy atom. The number of fused-ring (bicyclic) bond motifs is 1. The standard InChI is InChI=1S/C19H23BN2O7S/c1-2-3-8-28-15-6-7-18(17(10-15)21-19(24)11-23)30(26,27)22-14-5-4-13-12-29-20(25)16(13)9-14/h4-7,9-10,22-23,25H,2-3,8,11-12H2,1H3,(H,21,24). The van der Waals surface area contributed by atoms with E-state index in [-0.39, 0.29) is 22.9 Å². The number of aliphatic hydroxyl groups is 1. The van der Waals surface area contributed by atoms with Crippen LogP contribution in [0, 0.1) is 0 Å². The van der Waals surface area contributed by atoms with Crippen LogP contribution >= 0.6 is 0 Å². The molecule has 9 nitrogen and oxygen atoms in total. The highest BCUT2D eigenvalue weighted by molar-refractivity contribution is 7.92. The number of anilines is 2. The summed E-state index contributed by atoms with van der Waals surface area (Å²) in [5.74, 6) is -0.358. The van der Waals surface area contributed by atoms with Gasteiger partial charge in [0.2, 0.25) is 5.91 Å². The van der Waals surface area contributed by atoms with Crippen LogP contribution in [0.15, 0.2) is 41.3 Å². The summed E-state index contributed by atoms with van der Waals surface area (Å²) in [5, 5.41) is 21.2. The van der Waals surface area contributed by atoms with Gasteiger partial charge in [-0.25, -0.2) is 8.42 Å². The number of carbonyl (C=O) groups is 1. The zero-order valence-corrected chi connectivity index (χ0v) is 17.2. The summed E-state index contributed by atoms with van der Waals surface area (Å²) in [4.78, 5) is 11.5. The van der Waals surface area contributed by atoms with Crippen LogP contribution in [0.1, 0.15) is 25.3 Å². The zero-order chi connectivity index (χ0) is 21.7. The molecule has 0 bridgehead atoms. The Kier molecular flexibility index (Phi) is 6.98. The minimum atomic E-state index is -4.10. The van der Waals surface area contributed by atoms with Gasteiger partial charge in [-0.15, -0.1) is 0 Å². The average molecular weight is 434 g/mol. The molecule has 0 unspecified atom stereocenters. The number of rotatable bonds is 9. The van der Waals surface area contributed by atoms with E-state index in [1.165, 1.54) is 24.3 Å². The molecule has 0 saturated heterocycles. The minimum Gasteiger partial charge on any atom is -0.494 e. The number of benzene rings is 2. The molecule has 3 rings (SSSR count). The Labute approximate surface area is 175 Å². The van der Waals surface area contributed by atoms with Crippen LogP contribution in [0.5, 0.6) is 5.75 Å². The van der Waals surface area contributed by atoms with Crippen LogP contribution in [-0.2, 0) is 26.1 Å². The lowest BCUT2D eigenvalue weighted by Gasteiger charge is -2.15. The SMILES string of the molecule is CCCCOc1ccc(S(=O)(=O)Nc2ccc3c(c2)B(O)OC3)c(NC(=O)CO)c1. The molecule has 4 N–H and O–H groups in total. The van der Waals surface area contributed by atoms with E-state index in [1.54, 1.807) is 12.1 Å². The number of hydrogen-bond acceptors (Lipinski definition) is 7. The van der Waals surface area contributed by atoms with Gasteiger partial charge in [0.25, 0.3) is 10.0 Å². The second-order valence-electron chi connectivity index (χ2n) is 6.75. The van der Waals surface area contributed by atoms with Crippen LogP contribution in [0.4, 0.5) is 11.4 Å². The van der Waals surface area contributed by atoms with Gasteiger partial charge in [-0.1, -0.05) is 19.4 Å². The van der Waals surface area contributed by atoms with E-state index in [9.17, 15) is 18.2 Å². The molecular weight excluding hydrogens is 411 g/mol. The Morgan fingerprint density at radius 1 is 1.27 bits per heavy atom. The average Bonchev–Trinajstić information content (AvgIpc) is 3.08. The molecule has 0 atom stereocenters. The van der Waals surface area contributed by atoms with Crippen LogP contribution < -0.4 is 20.2 Å². The lowest BCUT2D eigenvalue weighted by molar-refractivity contribution is -0.118. The fourth-order valence-electron chi connectivity index (χ4n) is 2.94. The van der Waals surface area contributed by atoms with Gasteiger partial charge in [0, 0.05) is 11.8 Å². The number of carbonyl (C=O) groups excluding carboxylic acids is 1. The van der Waals surface area contributed by atoms with Gasteiger partial charge in [0.05, 0.1) is 18.9 Å². The number of unbranched alkanes of at least 4 members (excludes halogenated alkanes) is 1. The molecule has 11 heteroatoms. The molecular formula is C19H23BN2O7S. The van der Waals surface area contributed by atoms with E-state index >= 15 is 0 Å². The minimum absolute atomic E-state index is 0.0138. The highest BCUT2D eigenvalue weighted by Gasteiger charge is 2.28. The zero-order valence-electron chi connectivity index (χ0n) is 16.4. The lowest BCUT2D eigenvalue weighted by atomic mass is 9.79. The predicted molar refractivity (Wildman–Crippen MR) is 112 cm³/mol. The largest absolute Gasteiger partial charge is 0.494 e. The summed E-state index contributed by atoms with van der Waals surface area (Å²) < 4.78 is 39.1. The first-order valence-corrected chi connectivity index (χ1v) is 10.9. The molecule has 30 heavy (non-hydrogen) atoms. The monoisotopic (exact) mass is 434 g/mol. The smallest absolute Gasteiger partial charge is 0.491 e. The number of ether oxygens (including phenoxy) is 1. The van der Waals surface area contributed by atoms with Crippen molar-refractivity contribution >= 4 is 39.9 Å². The third-order valence-corrected chi connectivity index (χ3v) is 5.93. The normalized spacial score (nSPS) is 13.1. The van der Waals surface area contributed by atoms with Gasteiger partial charge in [-0.3, -0.25) is 9.52 Å². The topological polar surface area (TPSA) is 134 Å². The second-order valence-corrected chi connectivity index (χ2v) is 8.40. The first kappa shape index (κ1) is 22.1. The highest BCUT2D eigenvalue weighted by atomic mass is 32.2. The van der Waals surface area contributed by atoms with Crippen LogP contribution in [-0.4, -0.2) is 44.8 Å². The molecule has 1 amide bonds. The number of nitrogens with one attached hydrogen (secondary N) is 2. The lowest BCUT2D eigenvalue weighted by Crippen LogP contribution is -2.28. The van der Waals surface area contributed by atoms with Crippen molar-refractivity contribution in [2.75, 3.05) is 23.3 Å². The molecule has 1 aliphatic rings. The molecule has 2 aromatic carbocycles. The summed E-state index contributed by atoms with van der Waals surface area (Å²) in [6.45, 7) is 1.92. The highest BCUT2D eigenvalue weighted by Crippen LogP contribution is 2.29. The summed E-state index contributed by atoms with van der Waals surface area (Å²) in [6, 6.07) is 8.95. The van der Waals surface area contributed by atoms with E-state index in [2.05, 4.69) is 10.0 Å². The quantitative estimate of drug-likeness (QED) is 0.339. The number of aliphatic hydroxyl groups excluding tert-OH is 1. The van der Waals surface area contributed by atoms with Gasteiger partial charge in [0.1, 0.15) is 17.3 Å². The van der Waals surface area contributed by atoms with Crippen molar-refractivity contribution in [1.29, 1.82) is 0 Å². The molecule has 0 spiro atoms. The van der Waals surface area contributed by atoms with Crippen molar-refractivity contribution in [3.05, 3.63) is 42.0 Å². The van der Waals surface area contributed by atoms with Crippen LogP contribution in [0.2, 0.25) is 0 Å². The Bertz CT molecular complexity index is 1030. The molecule has 1 heterocycles. The van der Waals surface area contributed by atoms with Crippen molar-refractivity contribution in [2.24, 2.45) is 0 Å². The number of hydrogen-bond donors (Lipinski definition) is 4. The summed E-state index contributed by atoms with van der Waals surface area (Å²) >= 11 is 0. The maximum atomic E-state index is 13.0. The molecule has 160 valence electrons. The predicted octanol–water partition coefficient (Wildman–Crippen LogP) is 0.815. The van der Waals surface area contributed by atoms with E-state index in [0.29, 0.717) is 17.8 Å². The van der Waals surface area contributed by atoms with E-state index in [1.807, 2.05) is 6.92 Å². The molecule has 0 saturated carbocycles. The fraction of sp³-hybridized carbons (Fsp3) is 0.316. The van der Waals surface area contributed by atoms with Gasteiger partial charge in [0.15, 0.2) is 0 Å². The van der Waals surface area contributed by atoms with Crippen molar-refractivity contribution in [3.63, 3.8) is 0 Å². The van der Waals surface area contributed by atoms with Crippen LogP contribution in [0.25, 0.3) is 0 Å². The fourth-order valence-corrected chi connectivity index (χ4v) is 4.14. The van der Waals surface area contributed by atoms with E-state index in [4.69, 9.17) is 14.5 Å². The molecule has 0 fully saturated rings. The third-order valence-electron chi connectivity index (χ3n) is 4.49. The summed E-state index contributed by atoms with van der Waals surface area (Å²) in [6.07, 6.45) is 1.76. The second kappa shape index (κ2) is 9.48. The molecule has 0 aliphatic carbocycles. The van der Waals surface area contributed by atoms with Crippen molar-refractivity contribution in [2.45, 2.75) is 31.3 Å². The number of sulfonamides is 1. The first-order valence-electron chi connectivity index (χ1n) is 9.47. The molecule has 0 aromatic heterocycles. The van der Waals surface area contributed by atoms with Gasteiger partial charge < -0.3 is 24.8 Å². The molecule has 2 aromatic rings.